The van der Waals surface area contributed by atoms with Crippen LogP contribution < -0.4 is 4.90 Å². The smallest absolute Gasteiger partial charge is 0.223 e. The Kier molecular flexibility index (Phi) is 3.62. The molecule has 3 nitrogen and oxygen atoms in total. The first kappa shape index (κ1) is 12.3. The molecule has 0 spiro atoms. The molecule has 1 aliphatic rings. The van der Waals surface area contributed by atoms with Gasteiger partial charge in [-0.1, -0.05) is 15.9 Å². The summed E-state index contributed by atoms with van der Waals surface area (Å²) in [7, 11) is 0. The Morgan fingerprint density at radius 2 is 2.18 bits per heavy atom. The fourth-order valence-electron chi connectivity index (χ4n) is 2.13. The molecule has 0 atom stereocenters. The predicted octanol–water partition coefficient (Wildman–Crippen LogP) is 2.56. The van der Waals surface area contributed by atoms with Crippen LogP contribution in [-0.4, -0.2) is 23.6 Å². The first-order valence-electron chi connectivity index (χ1n) is 5.63. The van der Waals surface area contributed by atoms with E-state index in [1.54, 1.807) is 11.8 Å². The van der Waals surface area contributed by atoms with Crippen molar-refractivity contribution in [3.8, 4) is 0 Å². The van der Waals surface area contributed by atoms with Gasteiger partial charge < -0.3 is 4.90 Å². The summed E-state index contributed by atoms with van der Waals surface area (Å²) in [6.45, 7) is 2.29. The van der Waals surface area contributed by atoms with E-state index in [2.05, 4.69) is 15.9 Å². The highest BCUT2D eigenvalue weighted by molar-refractivity contribution is 9.09. The van der Waals surface area contributed by atoms with E-state index in [0.717, 1.165) is 29.8 Å². The first-order valence-corrected chi connectivity index (χ1v) is 6.76. The number of carbonyl (C=O) groups is 2. The van der Waals surface area contributed by atoms with Gasteiger partial charge in [-0.25, -0.2) is 0 Å². The number of hydrogen-bond acceptors (Lipinski definition) is 2. The molecule has 17 heavy (non-hydrogen) atoms. The molecule has 1 aromatic rings. The molecule has 1 heterocycles. The number of halogens is 1. The van der Waals surface area contributed by atoms with E-state index >= 15 is 0 Å². The minimum absolute atomic E-state index is 0.0586. The lowest BCUT2D eigenvalue weighted by atomic mass is 10.0. The molecule has 0 radical (unpaired) electrons. The lowest BCUT2D eigenvalue weighted by Crippen LogP contribution is -2.25. The molecule has 0 aromatic heterocycles. The van der Waals surface area contributed by atoms with Crippen molar-refractivity contribution < 1.29 is 9.59 Å². The van der Waals surface area contributed by atoms with Crippen molar-refractivity contribution in [2.24, 2.45) is 0 Å². The van der Waals surface area contributed by atoms with Crippen LogP contribution in [0.4, 0.5) is 5.69 Å². The summed E-state index contributed by atoms with van der Waals surface area (Å²) in [5, 5.41) is 0.683. The van der Waals surface area contributed by atoms with Crippen LogP contribution in [0.15, 0.2) is 18.2 Å². The van der Waals surface area contributed by atoms with Crippen molar-refractivity contribution in [3.05, 3.63) is 29.3 Å². The van der Waals surface area contributed by atoms with Crippen LogP contribution in [0.5, 0.6) is 0 Å². The van der Waals surface area contributed by atoms with Crippen molar-refractivity contribution in [2.75, 3.05) is 16.8 Å². The molecule has 2 rings (SSSR count). The summed E-state index contributed by atoms with van der Waals surface area (Å²) in [6.07, 6.45) is 1.35. The van der Waals surface area contributed by atoms with Gasteiger partial charge in [0, 0.05) is 36.5 Å². The Bertz CT molecular complexity index is 470. The van der Waals surface area contributed by atoms with Gasteiger partial charge in [0.15, 0.2) is 5.78 Å². The molecule has 0 N–H and O–H groups in total. The Morgan fingerprint density at radius 1 is 1.41 bits per heavy atom. The highest BCUT2D eigenvalue weighted by Crippen LogP contribution is 2.29. The van der Waals surface area contributed by atoms with Gasteiger partial charge in [0.2, 0.25) is 5.91 Å². The average molecular weight is 296 g/mol. The minimum atomic E-state index is 0.0586. The maximum absolute atomic E-state index is 11.7. The lowest BCUT2D eigenvalue weighted by molar-refractivity contribution is -0.116. The van der Waals surface area contributed by atoms with Gasteiger partial charge in [-0.15, -0.1) is 0 Å². The number of alkyl halides is 1. The maximum atomic E-state index is 11.7. The molecular formula is C13H14BrNO2. The van der Waals surface area contributed by atoms with Crippen LogP contribution in [0.1, 0.15) is 29.3 Å². The van der Waals surface area contributed by atoms with E-state index < -0.39 is 0 Å². The normalized spacial score (nSPS) is 13.6. The summed E-state index contributed by atoms with van der Waals surface area (Å²) in [5.41, 5.74) is 2.79. The number of nitrogens with zero attached hydrogens (tertiary/aromatic N) is 1. The van der Waals surface area contributed by atoms with E-state index in [9.17, 15) is 9.59 Å². The van der Waals surface area contributed by atoms with Crippen LogP contribution in [0.2, 0.25) is 0 Å². The van der Waals surface area contributed by atoms with E-state index in [0.29, 0.717) is 11.8 Å². The van der Waals surface area contributed by atoms with Crippen LogP contribution in [0.3, 0.4) is 0 Å². The predicted molar refractivity (Wildman–Crippen MR) is 70.9 cm³/mol. The van der Waals surface area contributed by atoms with E-state index in [4.69, 9.17) is 0 Å². The van der Waals surface area contributed by atoms with E-state index in [1.165, 1.54) is 0 Å². The Hall–Kier alpha value is -1.16. The third-order valence-electron chi connectivity index (χ3n) is 3.00. The summed E-state index contributed by atoms with van der Waals surface area (Å²) >= 11 is 3.26. The molecule has 0 aliphatic carbocycles. The molecule has 0 saturated carbocycles. The molecule has 0 unspecified atom stereocenters. The van der Waals surface area contributed by atoms with Gasteiger partial charge >= 0.3 is 0 Å². The first-order chi connectivity index (χ1) is 8.13. The Morgan fingerprint density at radius 3 is 2.82 bits per heavy atom. The van der Waals surface area contributed by atoms with Crippen LogP contribution in [0, 0.1) is 0 Å². The Labute approximate surface area is 109 Å². The van der Waals surface area contributed by atoms with Gasteiger partial charge in [0.1, 0.15) is 0 Å². The second-order valence-corrected chi connectivity index (χ2v) is 4.92. The average Bonchev–Trinajstić information content (AvgIpc) is 2.71. The number of Topliss-reactive ketones (excluding diaryl/α,β-unsaturated/α-hetero) is 1. The molecule has 0 saturated heterocycles. The molecule has 1 aliphatic heterocycles. The molecular weight excluding hydrogens is 282 g/mol. The van der Waals surface area contributed by atoms with Crippen molar-refractivity contribution in [3.63, 3.8) is 0 Å². The zero-order chi connectivity index (χ0) is 12.4. The van der Waals surface area contributed by atoms with Crippen molar-refractivity contribution in [1.82, 2.24) is 0 Å². The van der Waals surface area contributed by atoms with Crippen molar-refractivity contribution in [2.45, 2.75) is 19.8 Å². The van der Waals surface area contributed by atoms with Crippen LogP contribution in [0.25, 0.3) is 0 Å². The molecule has 1 aromatic carbocycles. The number of ketones is 1. The third kappa shape index (κ3) is 2.41. The third-order valence-corrected chi connectivity index (χ3v) is 3.40. The van der Waals surface area contributed by atoms with Crippen molar-refractivity contribution in [1.29, 1.82) is 0 Å². The zero-order valence-electron chi connectivity index (χ0n) is 9.70. The minimum Gasteiger partial charge on any atom is -0.312 e. The van der Waals surface area contributed by atoms with Crippen LogP contribution >= 0.6 is 15.9 Å². The molecule has 0 bridgehead atoms. The summed E-state index contributed by atoms with van der Waals surface area (Å²) in [4.78, 5) is 24.9. The number of fused-ring (bicyclic) bond motifs is 1. The standard InChI is InChI=1S/C13H14BrNO2/c1-9(16)15-7-5-10-8-11(2-3-12(10)15)13(17)4-6-14/h2-3,8H,4-7H2,1H3. The summed E-state index contributed by atoms with van der Waals surface area (Å²) in [6, 6.07) is 5.61. The van der Waals surface area contributed by atoms with Crippen LogP contribution in [-0.2, 0) is 11.2 Å². The Balaban J connectivity index is 2.28. The number of anilines is 1. The maximum Gasteiger partial charge on any atom is 0.223 e. The number of benzene rings is 1. The number of rotatable bonds is 3. The largest absolute Gasteiger partial charge is 0.312 e. The fourth-order valence-corrected chi connectivity index (χ4v) is 2.49. The van der Waals surface area contributed by atoms with Gasteiger partial charge in [-0.3, -0.25) is 9.59 Å². The lowest BCUT2D eigenvalue weighted by Gasteiger charge is -2.14. The molecule has 4 heteroatoms. The van der Waals surface area contributed by atoms with Crippen molar-refractivity contribution >= 4 is 33.3 Å². The zero-order valence-corrected chi connectivity index (χ0v) is 11.3. The quantitative estimate of drug-likeness (QED) is 0.635. The highest BCUT2D eigenvalue weighted by atomic mass is 79.9. The molecule has 90 valence electrons. The summed E-state index contributed by atoms with van der Waals surface area (Å²) < 4.78 is 0. The van der Waals surface area contributed by atoms with E-state index in [1.807, 2.05) is 18.2 Å². The van der Waals surface area contributed by atoms with Gasteiger partial charge in [-0.05, 0) is 30.2 Å². The fraction of sp³-hybridized carbons (Fsp3) is 0.385. The number of hydrogen-bond donors (Lipinski definition) is 0. The SMILES string of the molecule is CC(=O)N1CCc2cc(C(=O)CCBr)ccc21. The highest BCUT2D eigenvalue weighted by Gasteiger charge is 2.22. The second-order valence-electron chi connectivity index (χ2n) is 4.13. The molecule has 0 fully saturated rings. The number of amides is 1. The van der Waals surface area contributed by atoms with Gasteiger partial charge in [0.25, 0.3) is 0 Å². The second kappa shape index (κ2) is 5.00. The topological polar surface area (TPSA) is 37.4 Å². The van der Waals surface area contributed by atoms with Gasteiger partial charge in [-0.2, -0.15) is 0 Å². The monoisotopic (exact) mass is 295 g/mol. The summed E-state index contributed by atoms with van der Waals surface area (Å²) in [5.74, 6) is 0.203. The number of carbonyl (C=O) groups excluding carboxylic acids is 2. The van der Waals surface area contributed by atoms with E-state index in [-0.39, 0.29) is 11.7 Å². The van der Waals surface area contributed by atoms with Gasteiger partial charge in [0.05, 0.1) is 0 Å². The molecule has 1 amide bonds.